The summed E-state index contributed by atoms with van der Waals surface area (Å²) in [7, 11) is 0. The van der Waals surface area contributed by atoms with Gasteiger partial charge in [0, 0.05) is 6.54 Å². The summed E-state index contributed by atoms with van der Waals surface area (Å²) in [5.41, 5.74) is 2.08. The number of rotatable bonds is 7. The third kappa shape index (κ3) is 4.72. The van der Waals surface area contributed by atoms with Gasteiger partial charge >= 0.3 is 5.69 Å². The first kappa shape index (κ1) is 22.1. The maximum atomic E-state index is 13.0. The molecule has 0 atom stereocenters. The SMILES string of the molecule is CCn1c(=O)c2ccccc2n(CC(=O)Nc2ccc(C)cc2OCc2ccccc2)c1=O. The number of aryl methyl sites for hydroxylation is 1. The summed E-state index contributed by atoms with van der Waals surface area (Å²) in [6.07, 6.45) is 0. The average molecular weight is 444 g/mol. The van der Waals surface area contributed by atoms with Gasteiger partial charge in [0.25, 0.3) is 5.56 Å². The van der Waals surface area contributed by atoms with Crippen molar-refractivity contribution in [3.8, 4) is 5.75 Å². The molecular weight excluding hydrogens is 418 g/mol. The quantitative estimate of drug-likeness (QED) is 0.472. The maximum absolute atomic E-state index is 13.0. The topological polar surface area (TPSA) is 82.3 Å². The Labute approximate surface area is 190 Å². The van der Waals surface area contributed by atoms with Crippen LogP contribution in [0.3, 0.4) is 0 Å². The zero-order valence-electron chi connectivity index (χ0n) is 18.6. The lowest BCUT2D eigenvalue weighted by Crippen LogP contribution is -2.41. The number of nitrogens with zero attached hydrogens (tertiary/aromatic N) is 2. The van der Waals surface area contributed by atoms with Crippen LogP contribution in [0.25, 0.3) is 10.9 Å². The van der Waals surface area contributed by atoms with E-state index in [2.05, 4.69) is 5.32 Å². The second-order valence-corrected chi connectivity index (χ2v) is 7.76. The number of carbonyl (C=O) groups excluding carboxylic acids is 1. The van der Waals surface area contributed by atoms with Crippen LogP contribution in [0.1, 0.15) is 18.1 Å². The van der Waals surface area contributed by atoms with Crippen molar-refractivity contribution in [2.24, 2.45) is 0 Å². The molecule has 168 valence electrons. The van der Waals surface area contributed by atoms with Crippen LogP contribution in [0.15, 0.2) is 82.4 Å². The Morgan fingerprint density at radius 3 is 2.42 bits per heavy atom. The minimum atomic E-state index is -0.513. The molecule has 3 aromatic carbocycles. The number of hydrogen-bond donors (Lipinski definition) is 1. The number of amides is 1. The van der Waals surface area contributed by atoms with Gasteiger partial charge in [-0.25, -0.2) is 4.79 Å². The predicted molar refractivity (Wildman–Crippen MR) is 129 cm³/mol. The number of carbonyl (C=O) groups is 1. The van der Waals surface area contributed by atoms with E-state index >= 15 is 0 Å². The number of anilines is 1. The van der Waals surface area contributed by atoms with Crippen LogP contribution in [0.4, 0.5) is 5.69 Å². The van der Waals surface area contributed by atoms with Crippen LogP contribution in [-0.2, 0) is 24.5 Å². The van der Waals surface area contributed by atoms with Crippen molar-refractivity contribution in [1.29, 1.82) is 0 Å². The second-order valence-electron chi connectivity index (χ2n) is 7.76. The highest BCUT2D eigenvalue weighted by atomic mass is 16.5. The lowest BCUT2D eigenvalue weighted by Gasteiger charge is -2.15. The van der Waals surface area contributed by atoms with Crippen molar-refractivity contribution in [3.63, 3.8) is 0 Å². The first-order valence-electron chi connectivity index (χ1n) is 10.8. The van der Waals surface area contributed by atoms with Crippen molar-refractivity contribution in [3.05, 3.63) is 105 Å². The van der Waals surface area contributed by atoms with E-state index in [1.54, 1.807) is 37.3 Å². The zero-order chi connectivity index (χ0) is 23.4. The van der Waals surface area contributed by atoms with Crippen LogP contribution < -0.4 is 21.3 Å². The Hall–Kier alpha value is -4.13. The summed E-state index contributed by atoms with van der Waals surface area (Å²) in [6, 6.07) is 22.1. The first-order chi connectivity index (χ1) is 16.0. The summed E-state index contributed by atoms with van der Waals surface area (Å²) in [4.78, 5) is 38.5. The minimum absolute atomic E-state index is 0.222. The summed E-state index contributed by atoms with van der Waals surface area (Å²) < 4.78 is 8.44. The fraction of sp³-hybridized carbons (Fsp3) is 0.192. The largest absolute Gasteiger partial charge is 0.487 e. The molecule has 7 heteroatoms. The second kappa shape index (κ2) is 9.56. The molecule has 7 nitrogen and oxygen atoms in total. The smallest absolute Gasteiger partial charge is 0.331 e. The van der Waals surface area contributed by atoms with Gasteiger partial charge in [-0.05, 0) is 49.2 Å². The van der Waals surface area contributed by atoms with Gasteiger partial charge in [-0.1, -0.05) is 48.5 Å². The van der Waals surface area contributed by atoms with E-state index in [4.69, 9.17) is 4.74 Å². The van der Waals surface area contributed by atoms with Gasteiger partial charge < -0.3 is 10.1 Å². The summed E-state index contributed by atoms with van der Waals surface area (Å²) in [6.45, 7) is 4.02. The Bertz CT molecular complexity index is 1420. The molecule has 0 radical (unpaired) electrons. The number of benzene rings is 3. The number of hydrogen-bond acceptors (Lipinski definition) is 4. The van der Waals surface area contributed by atoms with Crippen molar-refractivity contribution in [2.75, 3.05) is 5.32 Å². The highest BCUT2D eigenvalue weighted by Gasteiger charge is 2.16. The fourth-order valence-electron chi connectivity index (χ4n) is 3.72. The Balaban J connectivity index is 1.61. The minimum Gasteiger partial charge on any atom is -0.487 e. The third-order valence-electron chi connectivity index (χ3n) is 5.40. The lowest BCUT2D eigenvalue weighted by molar-refractivity contribution is -0.116. The molecule has 4 rings (SSSR count). The maximum Gasteiger partial charge on any atom is 0.331 e. The predicted octanol–water partition coefficient (Wildman–Crippen LogP) is 3.71. The Kier molecular flexibility index (Phi) is 6.40. The molecule has 4 aromatic rings. The zero-order valence-corrected chi connectivity index (χ0v) is 18.6. The van der Waals surface area contributed by atoms with Crippen LogP contribution in [-0.4, -0.2) is 15.0 Å². The highest BCUT2D eigenvalue weighted by Crippen LogP contribution is 2.27. The molecule has 1 amide bonds. The van der Waals surface area contributed by atoms with E-state index in [0.29, 0.717) is 28.9 Å². The van der Waals surface area contributed by atoms with E-state index in [9.17, 15) is 14.4 Å². The number of nitrogens with one attached hydrogen (secondary N) is 1. The fourth-order valence-corrected chi connectivity index (χ4v) is 3.72. The Morgan fingerprint density at radius 2 is 1.67 bits per heavy atom. The summed E-state index contributed by atoms with van der Waals surface area (Å²) >= 11 is 0. The molecule has 0 spiro atoms. The molecule has 0 aliphatic heterocycles. The van der Waals surface area contributed by atoms with E-state index in [0.717, 1.165) is 15.7 Å². The van der Waals surface area contributed by atoms with Gasteiger partial charge in [-0.3, -0.25) is 18.7 Å². The molecule has 0 aliphatic rings. The normalized spacial score (nSPS) is 10.8. The number of fused-ring (bicyclic) bond motifs is 1. The van der Waals surface area contributed by atoms with E-state index < -0.39 is 11.6 Å². The van der Waals surface area contributed by atoms with E-state index in [1.807, 2.05) is 49.4 Å². The molecule has 0 bridgehead atoms. The number of ether oxygens (including phenoxy) is 1. The monoisotopic (exact) mass is 443 g/mol. The molecular formula is C26H25N3O4. The molecule has 1 heterocycles. The lowest BCUT2D eigenvalue weighted by atomic mass is 10.2. The molecule has 0 saturated heterocycles. The third-order valence-corrected chi connectivity index (χ3v) is 5.40. The van der Waals surface area contributed by atoms with Gasteiger partial charge in [-0.15, -0.1) is 0 Å². The summed E-state index contributed by atoms with van der Waals surface area (Å²) in [5, 5.41) is 3.25. The molecule has 33 heavy (non-hydrogen) atoms. The number of para-hydroxylation sites is 1. The molecule has 0 unspecified atom stereocenters. The van der Waals surface area contributed by atoms with Crippen LogP contribution >= 0.6 is 0 Å². The van der Waals surface area contributed by atoms with Gasteiger partial charge in [0.05, 0.1) is 16.6 Å². The van der Waals surface area contributed by atoms with Crippen molar-refractivity contribution < 1.29 is 9.53 Å². The number of aromatic nitrogens is 2. The van der Waals surface area contributed by atoms with Gasteiger partial charge in [-0.2, -0.15) is 0 Å². The summed E-state index contributed by atoms with van der Waals surface area (Å²) in [5.74, 6) is 0.153. The van der Waals surface area contributed by atoms with Gasteiger partial charge in [0.15, 0.2) is 0 Å². The molecule has 0 saturated carbocycles. The van der Waals surface area contributed by atoms with Crippen LogP contribution in [0, 0.1) is 6.92 Å². The van der Waals surface area contributed by atoms with Crippen LogP contribution in [0.5, 0.6) is 5.75 Å². The van der Waals surface area contributed by atoms with Crippen LogP contribution in [0.2, 0.25) is 0 Å². The highest BCUT2D eigenvalue weighted by molar-refractivity contribution is 5.93. The van der Waals surface area contributed by atoms with Gasteiger partial charge in [0.1, 0.15) is 18.9 Å². The van der Waals surface area contributed by atoms with E-state index in [-0.39, 0.29) is 18.6 Å². The van der Waals surface area contributed by atoms with Gasteiger partial charge in [0.2, 0.25) is 5.91 Å². The molecule has 0 fully saturated rings. The molecule has 0 aliphatic carbocycles. The molecule has 1 N–H and O–H groups in total. The van der Waals surface area contributed by atoms with Crippen molar-refractivity contribution in [1.82, 2.24) is 9.13 Å². The molecule has 1 aromatic heterocycles. The standard InChI is InChI=1S/C26H25N3O4/c1-3-28-25(31)20-11-7-8-12-22(20)29(26(28)32)16-24(30)27-21-14-13-18(2)15-23(21)33-17-19-9-5-4-6-10-19/h4-15H,3,16-17H2,1-2H3,(H,27,30). The van der Waals surface area contributed by atoms with Crippen molar-refractivity contribution in [2.45, 2.75) is 33.5 Å². The first-order valence-corrected chi connectivity index (χ1v) is 10.8. The van der Waals surface area contributed by atoms with E-state index in [1.165, 1.54) is 4.57 Å². The average Bonchev–Trinajstić information content (AvgIpc) is 2.83. The Morgan fingerprint density at radius 1 is 0.939 bits per heavy atom. The van der Waals surface area contributed by atoms with Crippen molar-refractivity contribution >= 4 is 22.5 Å².